The number of carbonyl (C=O) groups is 1. The van der Waals surface area contributed by atoms with Crippen LogP contribution in [0.5, 0.6) is 11.5 Å². The molecule has 0 aliphatic rings. The first kappa shape index (κ1) is 15.3. The van der Waals surface area contributed by atoms with E-state index in [1.165, 1.54) is 0 Å². The normalized spacial score (nSPS) is 10.5. The highest BCUT2D eigenvalue weighted by atomic mass is 16.5. The Morgan fingerprint density at radius 1 is 1.32 bits per heavy atom. The molecule has 0 aliphatic carbocycles. The summed E-state index contributed by atoms with van der Waals surface area (Å²) in [5.74, 6) is 0.682. The van der Waals surface area contributed by atoms with Crippen molar-refractivity contribution in [3.05, 3.63) is 23.8 Å². The SMILES string of the molecule is COc1cccc(CN(C)CCCC(=O)O)c1OC. The third-order valence-electron chi connectivity index (χ3n) is 2.86. The molecule has 106 valence electrons. The van der Waals surface area contributed by atoms with Crippen molar-refractivity contribution in [1.82, 2.24) is 4.90 Å². The minimum atomic E-state index is -0.757. The minimum Gasteiger partial charge on any atom is -0.493 e. The number of hydrogen-bond acceptors (Lipinski definition) is 4. The number of methoxy groups -OCH3 is 2. The molecular formula is C14H21NO4. The third-order valence-corrected chi connectivity index (χ3v) is 2.86. The zero-order valence-electron chi connectivity index (χ0n) is 11.7. The molecule has 0 saturated heterocycles. The van der Waals surface area contributed by atoms with E-state index in [9.17, 15) is 4.79 Å². The fourth-order valence-corrected chi connectivity index (χ4v) is 1.95. The van der Waals surface area contributed by atoms with Crippen LogP contribution in [-0.4, -0.2) is 43.8 Å². The molecule has 0 radical (unpaired) electrons. The summed E-state index contributed by atoms with van der Waals surface area (Å²) < 4.78 is 10.6. The van der Waals surface area contributed by atoms with Crippen LogP contribution in [0.15, 0.2) is 18.2 Å². The first-order chi connectivity index (χ1) is 9.08. The van der Waals surface area contributed by atoms with Crippen molar-refractivity contribution in [3.8, 4) is 11.5 Å². The summed E-state index contributed by atoms with van der Waals surface area (Å²) in [4.78, 5) is 12.5. The average Bonchev–Trinajstić information content (AvgIpc) is 2.37. The van der Waals surface area contributed by atoms with Crippen molar-refractivity contribution in [2.24, 2.45) is 0 Å². The van der Waals surface area contributed by atoms with Crippen LogP contribution < -0.4 is 9.47 Å². The van der Waals surface area contributed by atoms with E-state index in [-0.39, 0.29) is 6.42 Å². The average molecular weight is 267 g/mol. The van der Waals surface area contributed by atoms with Crippen molar-refractivity contribution >= 4 is 5.97 Å². The van der Waals surface area contributed by atoms with E-state index in [1.807, 2.05) is 25.2 Å². The number of carboxylic acid groups (broad SMARTS) is 1. The van der Waals surface area contributed by atoms with Gasteiger partial charge in [0.25, 0.3) is 0 Å². The molecule has 0 spiro atoms. The smallest absolute Gasteiger partial charge is 0.303 e. The Morgan fingerprint density at radius 2 is 2.05 bits per heavy atom. The van der Waals surface area contributed by atoms with Gasteiger partial charge in [-0.3, -0.25) is 4.79 Å². The van der Waals surface area contributed by atoms with Gasteiger partial charge in [0.1, 0.15) is 0 Å². The molecule has 1 aromatic rings. The Kier molecular flexibility index (Phi) is 6.15. The maximum absolute atomic E-state index is 10.5. The second-order valence-electron chi connectivity index (χ2n) is 4.39. The van der Waals surface area contributed by atoms with Crippen molar-refractivity contribution < 1.29 is 19.4 Å². The minimum absolute atomic E-state index is 0.194. The standard InChI is InChI=1S/C14H21NO4/c1-15(9-5-8-13(16)17)10-11-6-4-7-12(18-2)14(11)19-3/h4,6-7H,5,8-10H2,1-3H3,(H,16,17). The van der Waals surface area contributed by atoms with Crippen molar-refractivity contribution in [2.75, 3.05) is 27.8 Å². The third kappa shape index (κ3) is 4.79. The maximum Gasteiger partial charge on any atom is 0.303 e. The van der Waals surface area contributed by atoms with Crippen LogP contribution in [0, 0.1) is 0 Å². The topological polar surface area (TPSA) is 59.0 Å². The van der Waals surface area contributed by atoms with Crippen LogP contribution in [0.3, 0.4) is 0 Å². The molecule has 5 nitrogen and oxygen atoms in total. The molecule has 0 bridgehead atoms. The van der Waals surface area contributed by atoms with Gasteiger partial charge < -0.3 is 19.5 Å². The summed E-state index contributed by atoms with van der Waals surface area (Å²) in [5.41, 5.74) is 1.03. The Balaban J connectivity index is 2.63. The van der Waals surface area contributed by atoms with E-state index < -0.39 is 5.97 Å². The molecule has 0 aliphatic heterocycles. The van der Waals surface area contributed by atoms with Gasteiger partial charge in [0.2, 0.25) is 0 Å². The van der Waals surface area contributed by atoms with Crippen LogP contribution in [0.2, 0.25) is 0 Å². The summed E-state index contributed by atoms with van der Waals surface area (Å²) in [6, 6.07) is 5.75. The predicted molar refractivity (Wildman–Crippen MR) is 72.7 cm³/mol. The van der Waals surface area contributed by atoms with Crippen LogP contribution >= 0.6 is 0 Å². The lowest BCUT2D eigenvalue weighted by Gasteiger charge is -2.19. The lowest BCUT2D eigenvalue weighted by Crippen LogP contribution is -2.20. The molecule has 0 aromatic heterocycles. The second-order valence-corrected chi connectivity index (χ2v) is 4.39. The van der Waals surface area contributed by atoms with Crippen LogP contribution in [0.4, 0.5) is 0 Å². The molecule has 1 aromatic carbocycles. The Labute approximate surface area is 113 Å². The van der Waals surface area contributed by atoms with Crippen LogP contribution in [-0.2, 0) is 11.3 Å². The monoisotopic (exact) mass is 267 g/mol. The Morgan fingerprint density at radius 3 is 2.63 bits per heavy atom. The summed E-state index contributed by atoms with van der Waals surface area (Å²) in [5, 5.41) is 8.61. The molecule has 1 rings (SSSR count). The van der Waals surface area contributed by atoms with Crippen molar-refractivity contribution in [3.63, 3.8) is 0 Å². The molecule has 0 saturated carbocycles. The number of ether oxygens (including phenoxy) is 2. The Hall–Kier alpha value is -1.75. The number of rotatable bonds is 8. The molecule has 5 heteroatoms. The molecule has 1 N–H and O–H groups in total. The fourth-order valence-electron chi connectivity index (χ4n) is 1.95. The van der Waals surface area contributed by atoms with Crippen molar-refractivity contribution in [2.45, 2.75) is 19.4 Å². The predicted octanol–water partition coefficient (Wildman–Crippen LogP) is 2.00. The molecule has 0 amide bonds. The van der Waals surface area contributed by atoms with E-state index in [1.54, 1.807) is 14.2 Å². The fraction of sp³-hybridized carbons (Fsp3) is 0.500. The zero-order valence-corrected chi connectivity index (χ0v) is 11.7. The van der Waals surface area contributed by atoms with Gasteiger partial charge in [-0.25, -0.2) is 0 Å². The van der Waals surface area contributed by atoms with Crippen molar-refractivity contribution in [1.29, 1.82) is 0 Å². The number of aliphatic carboxylic acids is 1. The molecule has 0 atom stereocenters. The highest BCUT2D eigenvalue weighted by molar-refractivity contribution is 5.66. The quantitative estimate of drug-likeness (QED) is 0.780. The number of carboxylic acids is 1. The van der Waals surface area contributed by atoms with Gasteiger partial charge in [-0.15, -0.1) is 0 Å². The number of hydrogen-bond donors (Lipinski definition) is 1. The summed E-state index contributed by atoms with van der Waals surface area (Å²) in [6.07, 6.45) is 0.831. The second kappa shape index (κ2) is 7.63. The van der Waals surface area contributed by atoms with E-state index in [2.05, 4.69) is 4.90 Å². The highest BCUT2D eigenvalue weighted by Crippen LogP contribution is 2.31. The maximum atomic E-state index is 10.5. The van der Waals surface area contributed by atoms with Gasteiger partial charge in [0.15, 0.2) is 11.5 Å². The number of nitrogens with zero attached hydrogens (tertiary/aromatic N) is 1. The lowest BCUT2D eigenvalue weighted by molar-refractivity contribution is -0.137. The zero-order chi connectivity index (χ0) is 14.3. The van der Waals surface area contributed by atoms with E-state index >= 15 is 0 Å². The van der Waals surface area contributed by atoms with E-state index in [4.69, 9.17) is 14.6 Å². The molecule has 0 unspecified atom stereocenters. The molecule has 19 heavy (non-hydrogen) atoms. The van der Waals surface area contributed by atoms with Gasteiger partial charge in [-0.2, -0.15) is 0 Å². The van der Waals surface area contributed by atoms with Gasteiger partial charge in [0.05, 0.1) is 14.2 Å². The lowest BCUT2D eigenvalue weighted by atomic mass is 10.1. The van der Waals surface area contributed by atoms with E-state index in [0.717, 1.165) is 17.9 Å². The van der Waals surface area contributed by atoms with Gasteiger partial charge in [-0.1, -0.05) is 12.1 Å². The van der Waals surface area contributed by atoms with Crippen LogP contribution in [0.25, 0.3) is 0 Å². The summed E-state index contributed by atoms with van der Waals surface area (Å²) >= 11 is 0. The number of para-hydroxylation sites is 1. The van der Waals surface area contributed by atoms with Gasteiger partial charge >= 0.3 is 5.97 Å². The molecule has 0 heterocycles. The first-order valence-electron chi connectivity index (χ1n) is 6.18. The largest absolute Gasteiger partial charge is 0.493 e. The highest BCUT2D eigenvalue weighted by Gasteiger charge is 2.11. The van der Waals surface area contributed by atoms with Crippen LogP contribution in [0.1, 0.15) is 18.4 Å². The molecular weight excluding hydrogens is 246 g/mol. The van der Waals surface area contributed by atoms with Gasteiger partial charge in [0, 0.05) is 18.5 Å². The first-order valence-corrected chi connectivity index (χ1v) is 6.18. The number of benzene rings is 1. The Bertz CT molecular complexity index is 420. The van der Waals surface area contributed by atoms with Gasteiger partial charge in [-0.05, 0) is 26.1 Å². The molecule has 0 fully saturated rings. The van der Waals surface area contributed by atoms with E-state index in [0.29, 0.717) is 18.7 Å². The summed E-state index contributed by atoms with van der Waals surface area (Å²) in [7, 11) is 5.19. The summed E-state index contributed by atoms with van der Waals surface area (Å²) in [6.45, 7) is 1.42.